The summed E-state index contributed by atoms with van der Waals surface area (Å²) in [4.78, 5) is -0.316. The molecule has 0 aliphatic rings. The number of fused-ring (bicyclic) bond motifs is 2. The number of phenolic OH excluding ortho intramolecular Hbond substituents is 1. The van der Waals surface area contributed by atoms with E-state index < -0.39 is 10.1 Å². The first-order valence-electron chi connectivity index (χ1n) is 8.07. The molecule has 0 spiro atoms. The molecule has 0 fully saturated rings. The van der Waals surface area contributed by atoms with Gasteiger partial charge in [0.1, 0.15) is 22.0 Å². The topological polar surface area (TPSA) is 99.3 Å². The molecule has 8 heteroatoms. The van der Waals surface area contributed by atoms with Crippen molar-refractivity contribution < 1.29 is 20.9 Å². The monoisotopic (exact) mass is 420 g/mol. The Morgan fingerprint density at radius 1 is 0.750 bits per heavy atom. The molecule has 2 N–H and O–H groups in total. The summed E-state index contributed by atoms with van der Waals surface area (Å²) in [6.07, 6.45) is 0. The van der Waals surface area contributed by atoms with Gasteiger partial charge < -0.3 is 7.96 Å². The fraction of sp³-hybridized carbons (Fsp3) is 0. The first-order valence-corrected chi connectivity index (χ1v) is 9.51. The molecular weight excluding hydrogens is 404 g/mol. The Kier molecular flexibility index (Phi) is 6.02. The van der Waals surface area contributed by atoms with Crippen molar-refractivity contribution in [3.8, 4) is 5.75 Å². The molecule has 0 atom stereocenters. The van der Waals surface area contributed by atoms with E-state index in [0.717, 1.165) is 5.39 Å². The van der Waals surface area contributed by atoms with Crippen molar-refractivity contribution in [1.29, 1.82) is 0 Å². The van der Waals surface area contributed by atoms with E-state index in [9.17, 15) is 18.1 Å². The number of phenols is 1. The molecule has 0 saturated heterocycles. The van der Waals surface area contributed by atoms with Crippen LogP contribution in [0.1, 0.15) is 2.85 Å². The molecule has 0 unspecified atom stereocenters. The Bertz CT molecular complexity index is 1330. The van der Waals surface area contributed by atoms with Crippen LogP contribution in [0.4, 0.5) is 11.4 Å². The first kappa shape index (κ1) is 20.7. The van der Waals surface area contributed by atoms with Crippen LogP contribution in [-0.4, -0.2) is 55.8 Å². The van der Waals surface area contributed by atoms with Gasteiger partial charge in [0.2, 0.25) is 0 Å². The van der Waals surface area contributed by atoms with Crippen LogP contribution in [0.25, 0.3) is 21.5 Å². The number of nitrogens with zero attached hydrogens (tertiary/aromatic N) is 2. The molecule has 0 radical (unpaired) electrons. The molecule has 4 aromatic carbocycles. The van der Waals surface area contributed by atoms with E-state index >= 15 is 0 Å². The summed E-state index contributed by atoms with van der Waals surface area (Å²) in [5.41, 5.74) is 0.214. The van der Waals surface area contributed by atoms with Crippen LogP contribution in [-0.2, 0) is 10.1 Å². The van der Waals surface area contributed by atoms with Crippen molar-refractivity contribution in [1.82, 2.24) is 0 Å². The normalized spacial score (nSPS) is 11.8. The summed E-state index contributed by atoms with van der Waals surface area (Å²) < 4.78 is 33.6. The Labute approximate surface area is 194 Å². The van der Waals surface area contributed by atoms with Gasteiger partial charge in [-0.15, -0.1) is 10.2 Å². The van der Waals surface area contributed by atoms with Crippen LogP contribution < -0.4 is 0 Å². The molecule has 0 aromatic heterocycles. The van der Waals surface area contributed by atoms with Gasteiger partial charge in [-0.1, -0.05) is 60.7 Å². The van der Waals surface area contributed by atoms with E-state index in [1.165, 1.54) is 12.1 Å². The van der Waals surface area contributed by atoms with E-state index in [1.54, 1.807) is 48.5 Å². The molecule has 6 nitrogen and oxygen atoms in total. The number of hydrogen-bond donors (Lipinski definition) is 2. The van der Waals surface area contributed by atoms with Gasteiger partial charge in [-0.25, -0.2) is 0 Å². The number of rotatable bonds is 3. The molecule has 0 aliphatic heterocycles. The molecule has 138 valence electrons. The second kappa shape index (κ2) is 8.14. The van der Waals surface area contributed by atoms with Crippen LogP contribution in [0.5, 0.6) is 5.75 Å². The zero-order chi connectivity index (χ0) is 19.0. The van der Waals surface area contributed by atoms with Gasteiger partial charge in [0, 0.05) is 10.8 Å². The summed E-state index contributed by atoms with van der Waals surface area (Å²) in [5, 5.41) is 20.8. The third-order valence-electron chi connectivity index (χ3n) is 4.25. The van der Waals surface area contributed by atoms with Crippen LogP contribution in [0.15, 0.2) is 87.9 Å². The zero-order valence-electron chi connectivity index (χ0n) is 16.6. The SMILES string of the molecule is O=S(=O)(O)c1c(N=Nc2c(O)ccc3ccccc23)ccc2ccccc12.[Ca+2].[H-].[H-]. The van der Waals surface area contributed by atoms with Crippen molar-refractivity contribution in [3.63, 3.8) is 0 Å². The van der Waals surface area contributed by atoms with Gasteiger partial charge in [-0.2, -0.15) is 8.42 Å². The predicted molar refractivity (Wildman–Crippen MR) is 112 cm³/mol. The van der Waals surface area contributed by atoms with E-state index in [1.807, 2.05) is 12.1 Å². The smallest absolute Gasteiger partial charge is 1.00 e. The van der Waals surface area contributed by atoms with Crippen molar-refractivity contribution in [2.75, 3.05) is 0 Å². The van der Waals surface area contributed by atoms with E-state index in [4.69, 9.17) is 0 Å². The number of aromatic hydroxyl groups is 1. The summed E-state index contributed by atoms with van der Waals surface area (Å²) in [5.74, 6) is -0.0772. The van der Waals surface area contributed by atoms with Crippen molar-refractivity contribution in [2.45, 2.75) is 4.90 Å². The van der Waals surface area contributed by atoms with E-state index in [2.05, 4.69) is 10.2 Å². The maximum absolute atomic E-state index is 12.0. The molecule has 0 amide bonds. The van der Waals surface area contributed by atoms with Crippen molar-refractivity contribution in [2.24, 2.45) is 10.2 Å². The minimum atomic E-state index is -4.53. The summed E-state index contributed by atoms with van der Waals surface area (Å²) >= 11 is 0. The van der Waals surface area contributed by atoms with E-state index in [-0.39, 0.29) is 62.6 Å². The van der Waals surface area contributed by atoms with Gasteiger partial charge in [-0.05, 0) is 22.9 Å². The van der Waals surface area contributed by atoms with Crippen LogP contribution in [0, 0.1) is 0 Å². The molecule has 28 heavy (non-hydrogen) atoms. The van der Waals surface area contributed by atoms with Crippen LogP contribution in [0.2, 0.25) is 0 Å². The molecule has 0 aliphatic carbocycles. The number of azo groups is 1. The third kappa shape index (κ3) is 3.90. The van der Waals surface area contributed by atoms with Crippen molar-refractivity contribution >= 4 is 80.8 Å². The maximum atomic E-state index is 12.0. The second-order valence-electron chi connectivity index (χ2n) is 5.96. The van der Waals surface area contributed by atoms with Crippen LogP contribution >= 0.6 is 0 Å². The van der Waals surface area contributed by atoms with Crippen molar-refractivity contribution in [3.05, 3.63) is 72.8 Å². The standard InChI is InChI=1S/C20H14N2O4S.Ca.2H/c23-18-12-10-13-5-1-3-7-15(13)19(18)22-21-17-11-9-14-6-2-4-8-16(14)20(17)27(24,25)26;;;/h1-12,23H,(H,24,25,26);;;/q;+2;2*-1. The van der Waals surface area contributed by atoms with Gasteiger partial charge in [0.15, 0.2) is 0 Å². The number of hydrogen-bond acceptors (Lipinski definition) is 5. The molecule has 0 bridgehead atoms. The molecule has 4 aromatic rings. The van der Waals surface area contributed by atoms with Gasteiger partial charge >= 0.3 is 37.7 Å². The average molecular weight is 421 g/mol. The molecule has 4 rings (SSSR count). The Hall–Kier alpha value is -2.03. The molecule has 0 heterocycles. The Balaban J connectivity index is 0.00000150. The largest absolute Gasteiger partial charge is 2.00 e. The summed E-state index contributed by atoms with van der Waals surface area (Å²) in [6, 6.07) is 20.5. The average Bonchev–Trinajstić information content (AvgIpc) is 2.66. The minimum Gasteiger partial charge on any atom is -1.00 e. The predicted octanol–water partition coefficient (Wildman–Crippen LogP) is 5.20. The minimum absolute atomic E-state index is 0. The van der Waals surface area contributed by atoms with Gasteiger partial charge in [0.05, 0.1) is 0 Å². The maximum Gasteiger partial charge on any atom is 2.00 e. The summed E-state index contributed by atoms with van der Waals surface area (Å²) in [6.45, 7) is 0. The Morgan fingerprint density at radius 2 is 1.32 bits per heavy atom. The zero-order valence-corrected chi connectivity index (χ0v) is 17.7. The second-order valence-corrected chi connectivity index (χ2v) is 7.32. The van der Waals surface area contributed by atoms with E-state index in [0.29, 0.717) is 16.2 Å². The summed E-state index contributed by atoms with van der Waals surface area (Å²) in [7, 11) is -4.53. The Morgan fingerprint density at radius 3 is 2.00 bits per heavy atom. The van der Waals surface area contributed by atoms with Crippen LogP contribution in [0.3, 0.4) is 0 Å². The first-order chi connectivity index (χ1) is 12.9. The molecule has 0 saturated carbocycles. The fourth-order valence-electron chi connectivity index (χ4n) is 3.03. The number of benzene rings is 4. The molecular formula is C20H16CaN2O4S. The van der Waals surface area contributed by atoms with Gasteiger partial charge in [-0.3, -0.25) is 4.55 Å². The van der Waals surface area contributed by atoms with Gasteiger partial charge in [0.25, 0.3) is 10.1 Å². The fourth-order valence-corrected chi connectivity index (χ4v) is 3.87. The third-order valence-corrected chi connectivity index (χ3v) is 5.20. The quantitative estimate of drug-likeness (QED) is 0.270.